The number of fused-ring (bicyclic) bond motifs is 1. The highest BCUT2D eigenvalue weighted by atomic mass is 19.1. The number of nitrogens with zero attached hydrogens (tertiary/aromatic N) is 4. The van der Waals surface area contributed by atoms with Gasteiger partial charge in [0.1, 0.15) is 11.6 Å². The molecule has 5 nitrogen and oxygen atoms in total. The van der Waals surface area contributed by atoms with E-state index in [0.717, 1.165) is 44.7 Å². The zero-order chi connectivity index (χ0) is 15.5. The second-order valence-corrected chi connectivity index (χ2v) is 6.28. The minimum atomic E-state index is -0.255. The fourth-order valence-corrected chi connectivity index (χ4v) is 3.05. The van der Waals surface area contributed by atoms with Crippen LogP contribution in [0.4, 0.5) is 4.39 Å². The second-order valence-electron chi connectivity index (χ2n) is 6.28. The van der Waals surface area contributed by atoms with Gasteiger partial charge in [-0.1, -0.05) is 0 Å². The highest BCUT2D eigenvalue weighted by Crippen LogP contribution is 2.33. The fraction of sp³-hybridized carbons (Fsp3) is 0.625. The largest absolute Gasteiger partial charge is 0.377 e. The van der Waals surface area contributed by atoms with Crippen LogP contribution in [0.5, 0.6) is 0 Å². The third-order valence-electron chi connectivity index (χ3n) is 4.32. The molecule has 0 unspecified atom stereocenters. The molecule has 3 rings (SSSR count). The maximum absolute atomic E-state index is 13.4. The first-order valence-corrected chi connectivity index (χ1v) is 7.90. The van der Waals surface area contributed by atoms with Gasteiger partial charge in [0.25, 0.3) is 0 Å². The van der Waals surface area contributed by atoms with E-state index in [1.807, 2.05) is 0 Å². The number of rotatable bonds is 5. The van der Waals surface area contributed by atoms with Crippen LogP contribution in [0.3, 0.4) is 0 Å². The summed E-state index contributed by atoms with van der Waals surface area (Å²) in [6, 6.07) is 3.09. The van der Waals surface area contributed by atoms with Crippen LogP contribution in [-0.4, -0.2) is 52.8 Å². The predicted octanol–water partition coefficient (Wildman–Crippen LogP) is 2.47. The lowest BCUT2D eigenvalue weighted by atomic mass is 9.87. The van der Waals surface area contributed by atoms with E-state index >= 15 is 0 Å². The summed E-state index contributed by atoms with van der Waals surface area (Å²) in [5, 5.41) is 8.40. The van der Waals surface area contributed by atoms with Crippen molar-refractivity contribution in [2.75, 3.05) is 27.2 Å². The van der Waals surface area contributed by atoms with Gasteiger partial charge in [-0.2, -0.15) is 0 Å². The molecule has 0 bridgehead atoms. The molecule has 0 amide bonds. The van der Waals surface area contributed by atoms with Gasteiger partial charge in [0.2, 0.25) is 0 Å². The number of hydrogen-bond donors (Lipinski definition) is 0. The lowest BCUT2D eigenvalue weighted by Gasteiger charge is -2.28. The van der Waals surface area contributed by atoms with Gasteiger partial charge >= 0.3 is 0 Å². The predicted molar refractivity (Wildman–Crippen MR) is 82.4 cm³/mol. The Kier molecular flexibility index (Phi) is 4.69. The van der Waals surface area contributed by atoms with E-state index in [2.05, 4.69) is 29.2 Å². The first-order chi connectivity index (χ1) is 10.6. The molecule has 2 heterocycles. The Hall–Kier alpha value is -1.53. The topological polar surface area (TPSA) is 42.7 Å². The van der Waals surface area contributed by atoms with Gasteiger partial charge in [-0.05, 0) is 51.9 Å². The number of likely N-dealkylation sites (N-methyl/N-ethyl adjacent to an activating group) is 1. The molecular weight excluding hydrogens is 283 g/mol. The highest BCUT2D eigenvalue weighted by Gasteiger charge is 2.26. The Balaban J connectivity index is 1.59. The van der Waals surface area contributed by atoms with Gasteiger partial charge in [0.15, 0.2) is 5.65 Å². The van der Waals surface area contributed by atoms with Crippen molar-refractivity contribution >= 4 is 5.65 Å². The third-order valence-corrected chi connectivity index (χ3v) is 4.32. The average molecular weight is 306 g/mol. The minimum absolute atomic E-state index is 0.255. The molecule has 6 heteroatoms. The summed E-state index contributed by atoms with van der Waals surface area (Å²) in [4.78, 5) is 2.13. The van der Waals surface area contributed by atoms with Gasteiger partial charge in [-0.3, -0.25) is 4.40 Å². The van der Waals surface area contributed by atoms with Crippen molar-refractivity contribution in [3.05, 3.63) is 30.0 Å². The first-order valence-electron chi connectivity index (χ1n) is 7.90. The molecule has 120 valence electrons. The molecule has 0 aromatic carbocycles. The average Bonchev–Trinajstić information content (AvgIpc) is 2.90. The van der Waals surface area contributed by atoms with Crippen LogP contribution in [0.15, 0.2) is 18.3 Å². The van der Waals surface area contributed by atoms with Crippen molar-refractivity contribution in [3.8, 4) is 0 Å². The molecule has 22 heavy (non-hydrogen) atoms. The molecule has 0 spiro atoms. The van der Waals surface area contributed by atoms with Crippen molar-refractivity contribution in [2.24, 2.45) is 0 Å². The third kappa shape index (κ3) is 3.44. The van der Waals surface area contributed by atoms with Crippen molar-refractivity contribution in [2.45, 2.75) is 37.7 Å². The van der Waals surface area contributed by atoms with Crippen LogP contribution in [0, 0.1) is 5.82 Å². The summed E-state index contributed by atoms with van der Waals surface area (Å²) in [5.41, 5.74) is 0.709. The molecule has 0 N–H and O–H groups in total. The van der Waals surface area contributed by atoms with Crippen LogP contribution >= 0.6 is 0 Å². The number of pyridine rings is 1. The standard InChI is InChI=1S/C16H23FN4O/c1-20(2)9-10-22-14-6-3-12(4-7-14)16-19-18-15-8-5-13(17)11-21(15)16/h5,8,11-12,14H,3-4,6-7,9-10H2,1-2H3. The number of ether oxygens (including phenoxy) is 1. The van der Waals surface area contributed by atoms with E-state index in [-0.39, 0.29) is 5.82 Å². The van der Waals surface area contributed by atoms with Gasteiger partial charge in [0.05, 0.1) is 12.7 Å². The minimum Gasteiger partial charge on any atom is -0.377 e. The molecule has 2 aromatic heterocycles. The SMILES string of the molecule is CN(C)CCOC1CCC(c2nnc3ccc(F)cn23)CC1. The van der Waals surface area contributed by atoms with E-state index < -0.39 is 0 Å². The van der Waals surface area contributed by atoms with E-state index in [9.17, 15) is 4.39 Å². The van der Waals surface area contributed by atoms with Gasteiger partial charge in [0, 0.05) is 18.7 Å². The van der Waals surface area contributed by atoms with E-state index in [0.29, 0.717) is 17.7 Å². The molecule has 0 aliphatic heterocycles. The quantitative estimate of drug-likeness (QED) is 0.851. The van der Waals surface area contributed by atoms with Gasteiger partial charge < -0.3 is 9.64 Å². The van der Waals surface area contributed by atoms with Crippen molar-refractivity contribution in [1.29, 1.82) is 0 Å². The van der Waals surface area contributed by atoms with Crippen LogP contribution in [0.1, 0.15) is 37.4 Å². The van der Waals surface area contributed by atoms with Crippen LogP contribution < -0.4 is 0 Å². The second kappa shape index (κ2) is 6.71. The van der Waals surface area contributed by atoms with Gasteiger partial charge in [-0.25, -0.2) is 4.39 Å². The Morgan fingerprint density at radius 3 is 2.73 bits per heavy atom. The smallest absolute Gasteiger partial charge is 0.160 e. The Labute approximate surface area is 130 Å². The summed E-state index contributed by atoms with van der Waals surface area (Å²) >= 11 is 0. The maximum atomic E-state index is 13.4. The summed E-state index contributed by atoms with van der Waals surface area (Å²) in [6.45, 7) is 1.73. The highest BCUT2D eigenvalue weighted by molar-refractivity contribution is 5.38. The van der Waals surface area contributed by atoms with Crippen LogP contribution in [-0.2, 0) is 4.74 Å². The molecule has 2 aromatic rings. The van der Waals surface area contributed by atoms with Crippen molar-refractivity contribution < 1.29 is 9.13 Å². The molecular formula is C16H23FN4O. The summed E-state index contributed by atoms with van der Waals surface area (Å²) in [7, 11) is 4.10. The Bertz CT molecular complexity index is 620. The molecule has 1 aliphatic rings. The van der Waals surface area contributed by atoms with E-state index in [1.54, 1.807) is 10.5 Å². The van der Waals surface area contributed by atoms with Crippen LogP contribution in [0.2, 0.25) is 0 Å². The summed E-state index contributed by atoms with van der Waals surface area (Å²) in [5.74, 6) is 0.959. The maximum Gasteiger partial charge on any atom is 0.160 e. The van der Waals surface area contributed by atoms with E-state index in [4.69, 9.17) is 4.74 Å². The summed E-state index contributed by atoms with van der Waals surface area (Å²) in [6.07, 6.45) is 5.91. The zero-order valence-corrected chi connectivity index (χ0v) is 13.2. The summed E-state index contributed by atoms with van der Waals surface area (Å²) < 4.78 is 21.1. The molecule has 1 aliphatic carbocycles. The molecule has 1 fully saturated rings. The fourth-order valence-electron chi connectivity index (χ4n) is 3.05. The monoisotopic (exact) mass is 306 g/mol. The lowest BCUT2D eigenvalue weighted by molar-refractivity contribution is 0.0174. The normalized spacial score (nSPS) is 22.5. The van der Waals surface area contributed by atoms with E-state index in [1.165, 1.54) is 12.3 Å². The molecule has 1 saturated carbocycles. The molecule has 0 radical (unpaired) electrons. The Morgan fingerprint density at radius 2 is 2.00 bits per heavy atom. The number of halogens is 1. The Morgan fingerprint density at radius 1 is 1.23 bits per heavy atom. The molecule has 0 atom stereocenters. The first kappa shape index (κ1) is 15.4. The number of hydrogen-bond acceptors (Lipinski definition) is 4. The molecule has 0 saturated heterocycles. The lowest BCUT2D eigenvalue weighted by Crippen LogP contribution is -2.26. The van der Waals surface area contributed by atoms with Crippen molar-refractivity contribution in [1.82, 2.24) is 19.5 Å². The zero-order valence-electron chi connectivity index (χ0n) is 13.2. The van der Waals surface area contributed by atoms with Crippen molar-refractivity contribution in [3.63, 3.8) is 0 Å². The number of aromatic nitrogens is 3. The van der Waals surface area contributed by atoms with Gasteiger partial charge in [-0.15, -0.1) is 10.2 Å². The van der Waals surface area contributed by atoms with Crippen LogP contribution in [0.25, 0.3) is 5.65 Å².